The van der Waals surface area contributed by atoms with Crippen LogP contribution in [-0.2, 0) is 15.7 Å². The predicted octanol–water partition coefficient (Wildman–Crippen LogP) is 2.52. The zero-order valence-corrected chi connectivity index (χ0v) is 15.7. The number of rotatable bonds is 7. The van der Waals surface area contributed by atoms with Gasteiger partial charge in [-0.25, -0.2) is 0 Å². The Morgan fingerprint density at radius 2 is 1.78 bits per heavy atom. The molecular weight excluding hydrogens is 361 g/mol. The molecule has 27 heavy (non-hydrogen) atoms. The summed E-state index contributed by atoms with van der Waals surface area (Å²) in [7, 11) is 1.50. The van der Waals surface area contributed by atoms with Gasteiger partial charge in [-0.1, -0.05) is 6.42 Å². The van der Waals surface area contributed by atoms with Gasteiger partial charge in [0, 0.05) is 7.11 Å². The van der Waals surface area contributed by atoms with Gasteiger partial charge in [0.1, 0.15) is 12.4 Å². The molecule has 2 rings (SSSR count). The maximum Gasteiger partial charge on any atom is 0.416 e. The molecule has 2 N–H and O–H groups in total. The van der Waals surface area contributed by atoms with Gasteiger partial charge in [-0.2, -0.15) is 13.2 Å². The van der Waals surface area contributed by atoms with Gasteiger partial charge < -0.3 is 19.7 Å². The maximum absolute atomic E-state index is 13.0. The van der Waals surface area contributed by atoms with Crippen molar-refractivity contribution in [3.8, 4) is 5.75 Å². The van der Waals surface area contributed by atoms with E-state index < -0.39 is 11.7 Å². The largest absolute Gasteiger partial charge is 0.489 e. The maximum atomic E-state index is 13.0. The van der Waals surface area contributed by atoms with E-state index >= 15 is 0 Å². The van der Waals surface area contributed by atoms with E-state index in [4.69, 9.17) is 9.47 Å². The fourth-order valence-electron chi connectivity index (χ4n) is 3.17. The first kappa shape index (κ1) is 21.5. The van der Waals surface area contributed by atoms with Crippen LogP contribution in [0.5, 0.6) is 5.75 Å². The molecule has 1 aromatic rings. The minimum absolute atomic E-state index is 0.0392. The lowest BCUT2D eigenvalue weighted by Gasteiger charge is -2.21. The molecule has 5 nitrogen and oxygen atoms in total. The highest BCUT2D eigenvalue weighted by Gasteiger charge is 2.31. The second-order valence-corrected chi connectivity index (χ2v) is 6.79. The van der Waals surface area contributed by atoms with Crippen molar-refractivity contribution in [3.05, 3.63) is 23.8 Å². The molecule has 0 atom stereocenters. The number of nitrogens with one attached hydrogen (secondary N) is 2. The number of ether oxygens (including phenoxy) is 2. The van der Waals surface area contributed by atoms with Crippen LogP contribution in [0, 0.1) is 0 Å². The van der Waals surface area contributed by atoms with E-state index in [1.807, 2.05) is 0 Å². The summed E-state index contributed by atoms with van der Waals surface area (Å²) in [5.74, 6) is -0.0995. The van der Waals surface area contributed by atoms with Crippen LogP contribution in [0.15, 0.2) is 18.2 Å². The lowest BCUT2D eigenvalue weighted by atomic mass is 10.1. The van der Waals surface area contributed by atoms with Crippen LogP contribution >= 0.6 is 0 Å². The molecular formula is C19H28F3N2O3+. The van der Waals surface area contributed by atoms with Crippen LogP contribution in [-0.4, -0.2) is 45.9 Å². The SMILES string of the molecule is COCCOc1ccc(C(F)(F)F)cc1NC(=O)C[NH+]1CCCCCCC1. The second-order valence-electron chi connectivity index (χ2n) is 6.79. The molecule has 152 valence electrons. The normalized spacial score (nSPS) is 16.4. The zero-order chi connectivity index (χ0) is 19.7. The van der Waals surface area contributed by atoms with Gasteiger partial charge >= 0.3 is 6.18 Å². The minimum atomic E-state index is -4.49. The molecule has 0 unspecified atom stereocenters. The molecule has 0 saturated carbocycles. The monoisotopic (exact) mass is 389 g/mol. The second kappa shape index (κ2) is 10.5. The first-order valence-corrected chi connectivity index (χ1v) is 9.36. The smallest absolute Gasteiger partial charge is 0.416 e. The van der Waals surface area contributed by atoms with Crippen molar-refractivity contribution in [2.75, 3.05) is 45.3 Å². The standard InChI is InChI=1S/C19H27F3N2O3/c1-26-11-12-27-17-8-7-15(19(20,21)22)13-16(17)23-18(25)14-24-9-5-3-2-4-6-10-24/h7-8,13H,2-6,9-12,14H2,1H3,(H,23,25)/p+1. The lowest BCUT2D eigenvalue weighted by molar-refractivity contribution is -0.892. The summed E-state index contributed by atoms with van der Waals surface area (Å²) >= 11 is 0. The molecule has 1 saturated heterocycles. The van der Waals surface area contributed by atoms with E-state index in [9.17, 15) is 18.0 Å². The van der Waals surface area contributed by atoms with Crippen LogP contribution in [0.3, 0.4) is 0 Å². The number of methoxy groups -OCH3 is 1. The Morgan fingerprint density at radius 1 is 1.11 bits per heavy atom. The van der Waals surface area contributed by atoms with Crippen molar-refractivity contribution >= 4 is 11.6 Å². The molecule has 1 amide bonds. The average molecular weight is 389 g/mol. The Hall–Kier alpha value is -1.80. The minimum Gasteiger partial charge on any atom is -0.489 e. The van der Waals surface area contributed by atoms with Crippen LogP contribution in [0.4, 0.5) is 18.9 Å². The number of carbonyl (C=O) groups excluding carboxylic acids is 1. The van der Waals surface area contributed by atoms with Gasteiger partial charge in [0.25, 0.3) is 5.91 Å². The van der Waals surface area contributed by atoms with E-state index in [2.05, 4.69) is 5.32 Å². The van der Waals surface area contributed by atoms with Crippen molar-refractivity contribution in [1.82, 2.24) is 0 Å². The number of halogens is 3. The number of hydrogen-bond acceptors (Lipinski definition) is 3. The molecule has 1 heterocycles. The van der Waals surface area contributed by atoms with Crippen molar-refractivity contribution in [2.24, 2.45) is 0 Å². The van der Waals surface area contributed by atoms with Crippen molar-refractivity contribution in [3.63, 3.8) is 0 Å². The summed E-state index contributed by atoms with van der Waals surface area (Å²) < 4.78 is 49.4. The van der Waals surface area contributed by atoms with Gasteiger partial charge in [-0.3, -0.25) is 4.79 Å². The first-order chi connectivity index (χ1) is 12.9. The van der Waals surface area contributed by atoms with Crippen LogP contribution < -0.4 is 15.0 Å². The highest BCUT2D eigenvalue weighted by molar-refractivity contribution is 5.93. The summed E-state index contributed by atoms with van der Waals surface area (Å²) in [6.45, 7) is 2.54. The number of hydrogen-bond donors (Lipinski definition) is 2. The third-order valence-corrected chi connectivity index (χ3v) is 4.60. The average Bonchev–Trinajstić information content (AvgIpc) is 2.57. The summed E-state index contributed by atoms with van der Waals surface area (Å²) in [6.07, 6.45) is 1.20. The Labute approximate surface area is 157 Å². The van der Waals surface area contributed by atoms with Crippen LogP contribution in [0.2, 0.25) is 0 Å². The van der Waals surface area contributed by atoms with Gasteiger partial charge in [0.05, 0.1) is 30.9 Å². The zero-order valence-electron chi connectivity index (χ0n) is 15.7. The molecule has 1 aliphatic rings. The number of quaternary nitrogens is 1. The van der Waals surface area contributed by atoms with Crippen LogP contribution in [0.1, 0.15) is 37.7 Å². The predicted molar refractivity (Wildman–Crippen MR) is 96.1 cm³/mol. The quantitative estimate of drug-likeness (QED) is 0.705. The van der Waals surface area contributed by atoms with Crippen LogP contribution in [0.25, 0.3) is 0 Å². The third-order valence-electron chi connectivity index (χ3n) is 4.60. The van der Waals surface area contributed by atoms with E-state index in [0.717, 1.165) is 50.9 Å². The molecule has 1 aliphatic heterocycles. The molecule has 1 fully saturated rings. The fraction of sp³-hybridized carbons (Fsp3) is 0.632. The summed E-state index contributed by atoms with van der Waals surface area (Å²) in [5, 5.41) is 2.61. The third kappa shape index (κ3) is 7.38. The summed E-state index contributed by atoms with van der Waals surface area (Å²) in [4.78, 5) is 13.6. The topological polar surface area (TPSA) is 52.0 Å². The summed E-state index contributed by atoms with van der Waals surface area (Å²) in [5.41, 5.74) is -0.784. The highest BCUT2D eigenvalue weighted by Crippen LogP contribution is 2.35. The number of alkyl halides is 3. The molecule has 0 spiro atoms. The molecule has 0 aromatic heterocycles. The van der Waals surface area contributed by atoms with Crippen molar-refractivity contribution in [2.45, 2.75) is 38.3 Å². The number of benzene rings is 1. The molecule has 1 aromatic carbocycles. The van der Waals surface area contributed by atoms with Gasteiger partial charge in [0.2, 0.25) is 0 Å². The first-order valence-electron chi connectivity index (χ1n) is 9.36. The number of likely N-dealkylation sites (tertiary alicyclic amines) is 1. The fourth-order valence-corrected chi connectivity index (χ4v) is 3.17. The van der Waals surface area contributed by atoms with E-state index in [1.54, 1.807) is 0 Å². The Bertz CT molecular complexity index is 600. The Morgan fingerprint density at radius 3 is 2.41 bits per heavy atom. The van der Waals surface area contributed by atoms with Gasteiger partial charge in [-0.15, -0.1) is 0 Å². The van der Waals surface area contributed by atoms with E-state index in [0.29, 0.717) is 6.61 Å². The van der Waals surface area contributed by atoms with E-state index in [-0.39, 0.29) is 30.5 Å². The Kier molecular flexibility index (Phi) is 8.37. The van der Waals surface area contributed by atoms with Crippen molar-refractivity contribution < 1.29 is 32.3 Å². The number of amides is 1. The van der Waals surface area contributed by atoms with E-state index in [1.165, 1.54) is 24.5 Å². The number of carbonyl (C=O) groups is 1. The van der Waals surface area contributed by atoms with Gasteiger partial charge in [0.15, 0.2) is 6.54 Å². The number of anilines is 1. The molecule has 0 bridgehead atoms. The lowest BCUT2D eigenvalue weighted by Crippen LogP contribution is -3.13. The molecule has 0 aliphatic carbocycles. The summed E-state index contributed by atoms with van der Waals surface area (Å²) in [6, 6.07) is 3.10. The van der Waals surface area contributed by atoms with Gasteiger partial charge in [-0.05, 0) is 43.9 Å². The molecule has 8 heteroatoms. The Balaban J connectivity index is 2.06. The molecule has 0 radical (unpaired) electrons. The highest BCUT2D eigenvalue weighted by atomic mass is 19.4. The van der Waals surface area contributed by atoms with Crippen molar-refractivity contribution in [1.29, 1.82) is 0 Å².